The molecule has 0 bridgehead atoms. The Bertz CT molecular complexity index is 1420. The van der Waals surface area contributed by atoms with E-state index in [4.69, 9.17) is 14.9 Å². The molecule has 18 heteroatoms. The highest BCUT2D eigenvalue weighted by Gasteiger charge is 2.32. The van der Waals surface area contributed by atoms with Crippen LogP contribution in [-0.4, -0.2) is 85.6 Å². The molecular weight excluding hydrogens is 588 g/mol. The van der Waals surface area contributed by atoms with Crippen molar-refractivity contribution in [3.63, 3.8) is 0 Å². The third-order valence-corrected chi connectivity index (χ3v) is 8.22. The fraction of sp³-hybridized carbons (Fsp3) is 0.435. The molecule has 2 rings (SSSR count). The van der Waals surface area contributed by atoms with Gasteiger partial charge in [0.05, 0.1) is 29.5 Å². The van der Waals surface area contributed by atoms with Gasteiger partial charge in [0.2, 0.25) is 20.0 Å². The number of aliphatic hydroxyl groups excluding tert-OH is 2. The van der Waals surface area contributed by atoms with Crippen LogP contribution in [0, 0.1) is 20.2 Å². The van der Waals surface area contributed by atoms with E-state index in [0.717, 1.165) is 28.6 Å². The molecule has 0 amide bonds. The summed E-state index contributed by atoms with van der Waals surface area (Å²) in [4.78, 5) is 31.0. The number of nitro benzene ring substituents is 2. The number of carbonyl (C=O) groups is 1. The number of rotatable bonds is 13. The third kappa shape index (κ3) is 11.1. The predicted molar refractivity (Wildman–Crippen MR) is 145 cm³/mol. The number of ether oxygens (including phenoxy) is 1. The largest absolute Gasteiger partial charge is 0.460 e. The quantitative estimate of drug-likeness (QED) is 0.163. The summed E-state index contributed by atoms with van der Waals surface area (Å²) in [6.07, 6.45) is -0.239. The average Bonchev–Trinajstić information content (AvgIpc) is 2.89. The van der Waals surface area contributed by atoms with Crippen molar-refractivity contribution < 1.29 is 46.4 Å². The van der Waals surface area contributed by atoms with Crippen LogP contribution in [0.3, 0.4) is 0 Å². The van der Waals surface area contributed by atoms with Crippen LogP contribution in [0.4, 0.5) is 11.4 Å². The lowest BCUT2D eigenvalue weighted by atomic mass is 10.2. The molecule has 0 heterocycles. The molecule has 0 aliphatic heterocycles. The molecule has 0 aliphatic rings. The highest BCUT2D eigenvalue weighted by atomic mass is 32.2. The number of nitrogens with zero attached hydrogens (tertiary/aromatic N) is 3. The van der Waals surface area contributed by atoms with Crippen molar-refractivity contribution in [2.45, 2.75) is 42.6 Å². The second-order valence-electron chi connectivity index (χ2n) is 9.04. The molecule has 0 fully saturated rings. The van der Waals surface area contributed by atoms with E-state index in [0.29, 0.717) is 0 Å². The minimum absolute atomic E-state index is 0.186. The van der Waals surface area contributed by atoms with Crippen LogP contribution in [0.5, 0.6) is 0 Å². The zero-order chi connectivity index (χ0) is 31.4. The third-order valence-electron chi connectivity index (χ3n) is 4.77. The Morgan fingerprint density at radius 1 is 0.878 bits per heavy atom. The molecule has 0 aromatic heterocycles. The van der Waals surface area contributed by atoms with E-state index in [9.17, 15) is 41.9 Å². The van der Waals surface area contributed by atoms with Gasteiger partial charge in [-0.2, -0.15) is 4.31 Å². The minimum atomic E-state index is -4.25. The normalized spacial score (nSPS) is 11.9. The summed E-state index contributed by atoms with van der Waals surface area (Å²) in [5.41, 5.74) is -1.77. The Kier molecular flexibility index (Phi) is 13.4. The van der Waals surface area contributed by atoms with E-state index in [1.165, 1.54) is 24.3 Å². The number of para-hydroxylation sites is 2. The highest BCUT2D eigenvalue weighted by molar-refractivity contribution is 7.89. The molecule has 2 aromatic carbocycles. The first-order valence-electron chi connectivity index (χ1n) is 11.9. The van der Waals surface area contributed by atoms with Crippen LogP contribution in [0.25, 0.3) is 0 Å². The van der Waals surface area contributed by atoms with Crippen LogP contribution in [0.15, 0.2) is 58.3 Å². The first-order chi connectivity index (χ1) is 19.0. The van der Waals surface area contributed by atoms with Crippen LogP contribution >= 0.6 is 0 Å². The molecule has 41 heavy (non-hydrogen) atoms. The van der Waals surface area contributed by atoms with Crippen molar-refractivity contribution in [3.05, 3.63) is 68.8 Å². The molecule has 2 aromatic rings. The van der Waals surface area contributed by atoms with E-state index in [1.54, 1.807) is 20.8 Å². The van der Waals surface area contributed by atoms with Gasteiger partial charge in [-0.1, -0.05) is 24.3 Å². The van der Waals surface area contributed by atoms with Crippen molar-refractivity contribution in [1.82, 2.24) is 9.03 Å². The maximum Gasteiger partial charge on any atom is 0.307 e. The lowest BCUT2D eigenvalue weighted by Crippen LogP contribution is -2.36. The first-order valence-corrected chi connectivity index (χ1v) is 14.8. The zero-order valence-electron chi connectivity index (χ0n) is 22.5. The number of benzene rings is 2. The second kappa shape index (κ2) is 15.5. The van der Waals surface area contributed by atoms with Crippen LogP contribution < -0.4 is 4.72 Å². The summed E-state index contributed by atoms with van der Waals surface area (Å²) < 4.78 is 56.6. The Labute approximate surface area is 237 Å². The standard InChI is InChI=1S/C15H22N2O7S.C8H10N2O5S/c1-15(2,3)24-14(19)8-9-16(10-11-18)25(22,23)13-7-5-4-6-12(13)17(20)21;11-6-5-9-16(14,15)8-4-2-1-3-7(8)10(12)13/h4-7,18H,8-11H2,1-3H3;1-4,9,11H,5-6H2. The number of nitro groups is 2. The van der Waals surface area contributed by atoms with Gasteiger partial charge in [0.1, 0.15) is 5.60 Å². The van der Waals surface area contributed by atoms with Gasteiger partial charge in [-0.25, -0.2) is 21.6 Å². The minimum Gasteiger partial charge on any atom is -0.460 e. The fourth-order valence-electron chi connectivity index (χ4n) is 3.13. The number of nitrogens with one attached hydrogen (secondary N) is 1. The molecule has 0 spiro atoms. The first kappa shape index (κ1) is 35.5. The van der Waals surface area contributed by atoms with Crippen molar-refractivity contribution in [3.8, 4) is 0 Å². The molecule has 3 N–H and O–H groups in total. The Morgan fingerprint density at radius 3 is 1.83 bits per heavy atom. The van der Waals surface area contributed by atoms with Crippen molar-refractivity contribution in [1.29, 1.82) is 0 Å². The lowest BCUT2D eigenvalue weighted by molar-refractivity contribution is -0.388. The van der Waals surface area contributed by atoms with E-state index in [-0.39, 0.29) is 32.7 Å². The van der Waals surface area contributed by atoms with E-state index in [2.05, 4.69) is 0 Å². The Hall–Kier alpha value is -3.55. The van der Waals surface area contributed by atoms with E-state index >= 15 is 0 Å². The second-order valence-corrected chi connectivity index (χ2v) is 12.7. The maximum atomic E-state index is 12.7. The van der Waals surface area contributed by atoms with Gasteiger partial charge in [-0.05, 0) is 32.9 Å². The van der Waals surface area contributed by atoms with Gasteiger partial charge in [0.25, 0.3) is 11.4 Å². The summed E-state index contributed by atoms with van der Waals surface area (Å²) in [6.45, 7) is 3.44. The predicted octanol–water partition coefficient (Wildman–Crippen LogP) is 1.18. The Balaban J connectivity index is 0.000000452. The summed E-state index contributed by atoms with van der Waals surface area (Å²) in [6, 6.07) is 9.93. The van der Waals surface area contributed by atoms with E-state index in [1.807, 2.05) is 4.72 Å². The van der Waals surface area contributed by atoms with Gasteiger partial charge in [0.15, 0.2) is 9.79 Å². The van der Waals surface area contributed by atoms with Gasteiger partial charge < -0.3 is 14.9 Å². The summed E-state index contributed by atoms with van der Waals surface area (Å²) >= 11 is 0. The highest BCUT2D eigenvalue weighted by Crippen LogP contribution is 2.26. The number of hydrogen-bond acceptors (Lipinski definition) is 12. The van der Waals surface area contributed by atoms with E-state index < -0.39 is 69.2 Å². The molecule has 228 valence electrons. The smallest absolute Gasteiger partial charge is 0.307 e. The van der Waals surface area contributed by atoms with Gasteiger partial charge >= 0.3 is 5.97 Å². The van der Waals surface area contributed by atoms with Crippen molar-refractivity contribution in [2.75, 3.05) is 32.8 Å². The molecule has 0 saturated heterocycles. The number of carbonyl (C=O) groups excluding carboxylic acids is 1. The molecule has 16 nitrogen and oxygen atoms in total. The topological polar surface area (TPSA) is 237 Å². The number of hydrogen-bond donors (Lipinski definition) is 3. The van der Waals surface area contributed by atoms with Crippen molar-refractivity contribution in [2.24, 2.45) is 0 Å². The molecular formula is C23H32N4O12S2. The fourth-order valence-corrected chi connectivity index (χ4v) is 5.91. The molecule has 0 saturated carbocycles. The van der Waals surface area contributed by atoms with Gasteiger partial charge in [-0.3, -0.25) is 25.0 Å². The zero-order valence-corrected chi connectivity index (χ0v) is 24.1. The van der Waals surface area contributed by atoms with Crippen LogP contribution in [0.1, 0.15) is 27.2 Å². The molecule has 0 radical (unpaired) electrons. The monoisotopic (exact) mass is 620 g/mol. The lowest BCUT2D eigenvalue weighted by Gasteiger charge is -2.23. The summed E-state index contributed by atoms with van der Waals surface area (Å²) in [5, 5.41) is 39.3. The van der Waals surface area contributed by atoms with Crippen molar-refractivity contribution >= 4 is 37.4 Å². The summed E-state index contributed by atoms with van der Waals surface area (Å²) in [5.74, 6) is -0.604. The maximum absolute atomic E-state index is 12.7. The SMILES string of the molecule is CC(C)(C)OC(=O)CCN(CCO)S(=O)(=O)c1ccccc1[N+](=O)[O-].O=[N+]([O-])c1ccccc1S(=O)(=O)NCCO. The number of esters is 1. The van der Waals surface area contributed by atoms with Crippen LogP contribution in [-0.2, 0) is 29.6 Å². The molecule has 0 aliphatic carbocycles. The Morgan fingerprint density at radius 2 is 1.37 bits per heavy atom. The number of aliphatic hydroxyl groups is 2. The molecule has 0 atom stereocenters. The average molecular weight is 621 g/mol. The van der Waals surface area contributed by atoms with Gasteiger partial charge in [0, 0.05) is 31.8 Å². The summed E-state index contributed by atoms with van der Waals surface area (Å²) in [7, 11) is -8.20. The number of sulfonamides is 2. The van der Waals surface area contributed by atoms with Crippen LogP contribution in [0.2, 0.25) is 0 Å². The molecule has 0 unspecified atom stereocenters. The van der Waals surface area contributed by atoms with Gasteiger partial charge in [-0.15, -0.1) is 0 Å².